The second-order valence-corrected chi connectivity index (χ2v) is 4.76. The topological polar surface area (TPSA) is 34.9 Å². The van der Waals surface area contributed by atoms with Crippen molar-refractivity contribution in [3.63, 3.8) is 0 Å². The van der Waals surface area contributed by atoms with Gasteiger partial charge < -0.3 is 0 Å². The zero-order chi connectivity index (χ0) is 17.9. The van der Waals surface area contributed by atoms with E-state index in [9.17, 15) is 4.79 Å². The smallest absolute Gasteiger partial charge is 0.261 e. The van der Waals surface area contributed by atoms with E-state index in [0.29, 0.717) is 18.4 Å². The van der Waals surface area contributed by atoms with Gasteiger partial charge in [-0.2, -0.15) is 0 Å². The van der Waals surface area contributed by atoms with E-state index in [-0.39, 0.29) is 5.56 Å². The number of rotatable bonds is 3. The first-order chi connectivity index (χ1) is 11.8. The van der Waals surface area contributed by atoms with Crippen molar-refractivity contribution in [1.29, 1.82) is 0 Å². The Bertz CT molecular complexity index is 792. The van der Waals surface area contributed by atoms with Crippen molar-refractivity contribution in [2.24, 2.45) is 0 Å². The van der Waals surface area contributed by atoms with Crippen LogP contribution in [-0.4, -0.2) is 9.55 Å². The lowest BCUT2D eigenvalue weighted by atomic mass is 10.1. The maximum atomic E-state index is 12.5. The molecule has 0 amide bonds. The maximum Gasteiger partial charge on any atom is 0.261 e. The largest absolute Gasteiger partial charge is 0.296 e. The van der Waals surface area contributed by atoms with Crippen molar-refractivity contribution in [2.45, 2.75) is 47.6 Å². The number of aromatic nitrogens is 2. The molecule has 0 saturated heterocycles. The summed E-state index contributed by atoms with van der Waals surface area (Å²) in [7, 11) is 0. The summed E-state index contributed by atoms with van der Waals surface area (Å²) in [6.07, 6.45) is 0.675. The molecule has 0 unspecified atom stereocenters. The van der Waals surface area contributed by atoms with Gasteiger partial charge in [0.15, 0.2) is 0 Å². The number of fused-ring (bicyclic) bond motifs is 1. The van der Waals surface area contributed by atoms with Crippen molar-refractivity contribution < 1.29 is 0 Å². The van der Waals surface area contributed by atoms with Crippen molar-refractivity contribution in [3.8, 4) is 0 Å². The third-order valence-corrected chi connectivity index (χ3v) is 3.46. The van der Waals surface area contributed by atoms with Gasteiger partial charge in [-0.25, -0.2) is 4.98 Å². The molecule has 0 bridgehead atoms. The van der Waals surface area contributed by atoms with Gasteiger partial charge in [-0.3, -0.25) is 9.36 Å². The second kappa shape index (κ2) is 10.4. The molecular weight excluding hydrogens is 296 g/mol. The van der Waals surface area contributed by atoms with Gasteiger partial charge in [-0.05, 0) is 24.6 Å². The van der Waals surface area contributed by atoms with E-state index in [0.717, 1.165) is 16.9 Å². The van der Waals surface area contributed by atoms with Crippen LogP contribution in [0.25, 0.3) is 10.9 Å². The predicted molar refractivity (Wildman–Crippen MR) is 104 cm³/mol. The molecule has 0 aliphatic heterocycles. The Hall–Kier alpha value is -2.42. The fraction of sp³-hybridized carbons (Fsp3) is 0.333. The molecule has 0 N–H and O–H groups in total. The molecule has 0 radical (unpaired) electrons. The molecule has 0 saturated carbocycles. The summed E-state index contributed by atoms with van der Waals surface area (Å²) in [5.74, 6) is 0.822. The number of benzene rings is 2. The van der Waals surface area contributed by atoms with E-state index < -0.39 is 0 Å². The molecule has 0 aliphatic carbocycles. The Morgan fingerprint density at radius 3 is 2.08 bits per heavy atom. The van der Waals surface area contributed by atoms with Crippen molar-refractivity contribution in [2.75, 3.05) is 0 Å². The van der Waals surface area contributed by atoms with E-state index >= 15 is 0 Å². The highest BCUT2D eigenvalue weighted by Crippen LogP contribution is 2.11. The molecular formula is C21H28N2O. The summed E-state index contributed by atoms with van der Waals surface area (Å²) in [6, 6.07) is 17.6. The van der Waals surface area contributed by atoms with Crippen molar-refractivity contribution in [3.05, 3.63) is 76.3 Å². The van der Waals surface area contributed by atoms with E-state index in [1.54, 1.807) is 4.57 Å². The SMILES string of the molecule is CC.CC.CCn1c(Cc2ccccc2)nc2ccccc2c1=O. The maximum absolute atomic E-state index is 12.5. The van der Waals surface area contributed by atoms with E-state index in [1.807, 2.05) is 77.1 Å². The highest BCUT2D eigenvalue weighted by atomic mass is 16.1. The number of para-hydroxylation sites is 1. The summed E-state index contributed by atoms with van der Waals surface area (Å²) < 4.78 is 1.76. The van der Waals surface area contributed by atoms with Crippen LogP contribution in [0.15, 0.2) is 59.4 Å². The minimum atomic E-state index is 0.0454. The molecule has 3 rings (SSSR count). The van der Waals surface area contributed by atoms with Crippen molar-refractivity contribution in [1.82, 2.24) is 9.55 Å². The minimum Gasteiger partial charge on any atom is -0.296 e. The molecule has 3 nitrogen and oxygen atoms in total. The lowest BCUT2D eigenvalue weighted by Crippen LogP contribution is -2.24. The molecule has 0 aliphatic rings. The molecule has 0 spiro atoms. The highest BCUT2D eigenvalue weighted by molar-refractivity contribution is 5.77. The summed E-state index contributed by atoms with van der Waals surface area (Å²) in [6.45, 7) is 10.6. The van der Waals surface area contributed by atoms with Crippen molar-refractivity contribution >= 4 is 10.9 Å². The average molecular weight is 324 g/mol. The van der Waals surface area contributed by atoms with Crippen LogP contribution in [0.2, 0.25) is 0 Å². The quantitative estimate of drug-likeness (QED) is 0.675. The van der Waals surface area contributed by atoms with Gasteiger partial charge in [0, 0.05) is 13.0 Å². The number of hydrogen-bond acceptors (Lipinski definition) is 2. The predicted octanol–water partition coefficient (Wildman–Crippen LogP) is 5.06. The number of nitrogens with zero attached hydrogens (tertiary/aromatic N) is 2. The molecule has 128 valence electrons. The lowest BCUT2D eigenvalue weighted by molar-refractivity contribution is 0.669. The van der Waals surface area contributed by atoms with Crippen LogP contribution in [-0.2, 0) is 13.0 Å². The fourth-order valence-corrected chi connectivity index (χ4v) is 2.45. The molecule has 3 aromatic rings. The van der Waals surface area contributed by atoms with E-state index in [2.05, 4.69) is 17.1 Å². The fourth-order valence-electron chi connectivity index (χ4n) is 2.45. The first-order valence-electron chi connectivity index (χ1n) is 8.82. The zero-order valence-corrected chi connectivity index (χ0v) is 15.4. The van der Waals surface area contributed by atoms with Gasteiger partial charge in [0.05, 0.1) is 10.9 Å². The third kappa shape index (κ3) is 4.54. The van der Waals surface area contributed by atoms with Gasteiger partial charge in [0.2, 0.25) is 0 Å². The van der Waals surface area contributed by atoms with Gasteiger partial charge in [0.1, 0.15) is 5.82 Å². The Kier molecular flexibility index (Phi) is 8.48. The Morgan fingerprint density at radius 1 is 0.875 bits per heavy atom. The Morgan fingerprint density at radius 2 is 1.46 bits per heavy atom. The molecule has 2 aromatic carbocycles. The van der Waals surface area contributed by atoms with Gasteiger partial charge in [0.25, 0.3) is 5.56 Å². The van der Waals surface area contributed by atoms with Crippen LogP contribution < -0.4 is 5.56 Å². The van der Waals surface area contributed by atoms with E-state index in [1.165, 1.54) is 0 Å². The van der Waals surface area contributed by atoms with Crippen LogP contribution in [0.1, 0.15) is 46.0 Å². The summed E-state index contributed by atoms with van der Waals surface area (Å²) in [4.78, 5) is 17.2. The molecule has 3 heteroatoms. The second-order valence-electron chi connectivity index (χ2n) is 4.76. The lowest BCUT2D eigenvalue weighted by Gasteiger charge is -2.11. The van der Waals surface area contributed by atoms with E-state index in [4.69, 9.17) is 0 Å². The summed E-state index contributed by atoms with van der Waals surface area (Å²) in [5, 5.41) is 0.686. The first kappa shape index (κ1) is 19.6. The molecule has 1 heterocycles. The number of hydrogen-bond donors (Lipinski definition) is 0. The zero-order valence-electron chi connectivity index (χ0n) is 15.4. The molecule has 1 aromatic heterocycles. The van der Waals surface area contributed by atoms with Crippen LogP contribution >= 0.6 is 0 Å². The minimum absolute atomic E-state index is 0.0454. The van der Waals surface area contributed by atoms with Crippen LogP contribution in [0.3, 0.4) is 0 Å². The summed E-state index contributed by atoms with van der Waals surface area (Å²) >= 11 is 0. The molecule has 24 heavy (non-hydrogen) atoms. The Balaban J connectivity index is 0.000000671. The Labute approximate surface area is 145 Å². The van der Waals surface area contributed by atoms with Crippen LogP contribution in [0, 0.1) is 0 Å². The first-order valence-corrected chi connectivity index (χ1v) is 8.82. The standard InChI is InChI=1S/C17H16N2O.2C2H6/c1-2-19-16(12-13-8-4-3-5-9-13)18-15-11-7-6-10-14(15)17(19)20;2*1-2/h3-11H,2,12H2,1H3;2*1-2H3. The van der Waals surface area contributed by atoms with Crippen LogP contribution in [0.5, 0.6) is 0 Å². The monoisotopic (exact) mass is 324 g/mol. The third-order valence-electron chi connectivity index (χ3n) is 3.46. The van der Waals surface area contributed by atoms with Gasteiger partial charge >= 0.3 is 0 Å². The molecule has 0 fully saturated rings. The normalized spacial score (nSPS) is 9.54. The highest BCUT2D eigenvalue weighted by Gasteiger charge is 2.09. The van der Waals surface area contributed by atoms with Gasteiger partial charge in [-0.1, -0.05) is 70.2 Å². The van der Waals surface area contributed by atoms with Crippen LogP contribution in [0.4, 0.5) is 0 Å². The van der Waals surface area contributed by atoms with Gasteiger partial charge in [-0.15, -0.1) is 0 Å². The summed E-state index contributed by atoms with van der Waals surface area (Å²) in [5.41, 5.74) is 1.98. The average Bonchev–Trinajstić information content (AvgIpc) is 2.66. The molecule has 0 atom stereocenters.